The predicted octanol–water partition coefficient (Wildman–Crippen LogP) is 0.714. The highest BCUT2D eigenvalue weighted by molar-refractivity contribution is 5.96. The summed E-state index contributed by atoms with van der Waals surface area (Å²) in [5.41, 5.74) is 0.552. The van der Waals surface area contributed by atoms with Crippen LogP contribution in [0.1, 0.15) is 23.2 Å². The van der Waals surface area contributed by atoms with Crippen LogP contribution in [0.5, 0.6) is 0 Å². The lowest BCUT2D eigenvalue weighted by molar-refractivity contribution is -0.141. The van der Waals surface area contributed by atoms with Crippen LogP contribution in [0.15, 0.2) is 18.5 Å². The van der Waals surface area contributed by atoms with Gasteiger partial charge < -0.3 is 14.6 Å². The van der Waals surface area contributed by atoms with Crippen LogP contribution in [0.3, 0.4) is 0 Å². The van der Waals surface area contributed by atoms with Gasteiger partial charge in [0.05, 0.1) is 5.56 Å². The number of aryl methyl sites for hydroxylation is 1. The first-order valence-corrected chi connectivity index (χ1v) is 5.25. The van der Waals surface area contributed by atoms with Crippen LogP contribution in [0, 0.1) is 0 Å². The molecule has 1 aliphatic heterocycles. The minimum atomic E-state index is -0.915. The monoisotopic (exact) mass is 222 g/mol. The van der Waals surface area contributed by atoms with Crippen molar-refractivity contribution in [3.63, 3.8) is 0 Å². The van der Waals surface area contributed by atoms with Gasteiger partial charge in [-0.15, -0.1) is 0 Å². The van der Waals surface area contributed by atoms with Gasteiger partial charge in [0.1, 0.15) is 6.04 Å². The van der Waals surface area contributed by atoms with Crippen LogP contribution in [-0.2, 0) is 11.8 Å². The number of amides is 1. The van der Waals surface area contributed by atoms with Crippen LogP contribution in [-0.4, -0.2) is 39.0 Å². The summed E-state index contributed by atoms with van der Waals surface area (Å²) in [6, 6.07) is 1.05. The number of hydrogen-bond donors (Lipinski definition) is 1. The molecule has 2 rings (SSSR count). The molecule has 0 aromatic carbocycles. The van der Waals surface area contributed by atoms with Gasteiger partial charge in [-0.3, -0.25) is 4.79 Å². The molecule has 0 aliphatic carbocycles. The van der Waals surface area contributed by atoms with Gasteiger partial charge in [0, 0.05) is 26.0 Å². The average molecular weight is 222 g/mol. The summed E-state index contributed by atoms with van der Waals surface area (Å²) in [5.74, 6) is -1.10. The molecule has 0 radical (unpaired) electrons. The minimum Gasteiger partial charge on any atom is -0.480 e. The van der Waals surface area contributed by atoms with Gasteiger partial charge in [-0.05, 0) is 18.9 Å². The third kappa shape index (κ3) is 1.80. The first-order chi connectivity index (χ1) is 7.59. The second-order valence-electron chi connectivity index (χ2n) is 4.06. The van der Waals surface area contributed by atoms with Crippen molar-refractivity contribution in [3.05, 3.63) is 24.0 Å². The Hall–Kier alpha value is -1.78. The van der Waals surface area contributed by atoms with Crippen molar-refractivity contribution in [3.8, 4) is 0 Å². The lowest BCUT2D eigenvalue weighted by atomic mass is 10.2. The standard InChI is InChI=1S/C11H14N2O3/c1-12-6-4-8(7-12)10(14)13-5-2-3-9(13)11(15)16/h4,6-7,9H,2-3,5H2,1H3,(H,15,16). The van der Waals surface area contributed by atoms with E-state index in [0.29, 0.717) is 18.5 Å². The Balaban J connectivity index is 2.18. The number of carboxylic acids is 1. The molecule has 1 aliphatic rings. The number of carbonyl (C=O) groups is 2. The molecule has 0 saturated carbocycles. The molecule has 1 fully saturated rings. The van der Waals surface area contributed by atoms with E-state index in [-0.39, 0.29) is 5.91 Å². The summed E-state index contributed by atoms with van der Waals surface area (Å²) in [7, 11) is 1.83. The second-order valence-corrected chi connectivity index (χ2v) is 4.06. The molecule has 1 atom stereocenters. The molecule has 1 unspecified atom stereocenters. The number of aromatic nitrogens is 1. The Kier molecular flexibility index (Phi) is 2.68. The molecule has 0 spiro atoms. The highest BCUT2D eigenvalue weighted by Crippen LogP contribution is 2.20. The number of hydrogen-bond acceptors (Lipinski definition) is 2. The van der Waals surface area contributed by atoms with Crippen LogP contribution in [0.25, 0.3) is 0 Å². The third-order valence-corrected chi connectivity index (χ3v) is 2.88. The summed E-state index contributed by atoms with van der Waals surface area (Å²) < 4.78 is 1.78. The first kappa shape index (κ1) is 10.7. The van der Waals surface area contributed by atoms with E-state index in [9.17, 15) is 9.59 Å². The van der Waals surface area contributed by atoms with Crippen LogP contribution < -0.4 is 0 Å². The summed E-state index contributed by atoms with van der Waals surface area (Å²) in [6.45, 7) is 0.532. The fourth-order valence-electron chi connectivity index (χ4n) is 2.06. The molecular formula is C11H14N2O3. The van der Waals surface area contributed by atoms with Crippen molar-refractivity contribution in [1.82, 2.24) is 9.47 Å². The van der Waals surface area contributed by atoms with Gasteiger partial charge in [-0.25, -0.2) is 4.79 Å². The molecule has 1 saturated heterocycles. The van der Waals surface area contributed by atoms with E-state index in [4.69, 9.17) is 5.11 Å². The Morgan fingerprint density at radius 2 is 2.25 bits per heavy atom. The molecular weight excluding hydrogens is 208 g/mol. The van der Waals surface area contributed by atoms with Gasteiger partial charge >= 0.3 is 5.97 Å². The summed E-state index contributed by atoms with van der Waals surface area (Å²) in [4.78, 5) is 24.4. The molecule has 16 heavy (non-hydrogen) atoms. The van der Waals surface area contributed by atoms with Gasteiger partial charge in [0.25, 0.3) is 5.91 Å². The zero-order chi connectivity index (χ0) is 11.7. The van der Waals surface area contributed by atoms with E-state index in [1.807, 2.05) is 7.05 Å². The van der Waals surface area contributed by atoms with Crippen molar-refractivity contribution in [2.75, 3.05) is 6.54 Å². The smallest absolute Gasteiger partial charge is 0.326 e. The van der Waals surface area contributed by atoms with Crippen LogP contribution in [0.4, 0.5) is 0 Å². The summed E-state index contributed by atoms with van der Waals surface area (Å²) in [5, 5.41) is 8.99. The largest absolute Gasteiger partial charge is 0.480 e. The molecule has 1 amide bonds. The van der Waals surface area contributed by atoms with E-state index < -0.39 is 12.0 Å². The Morgan fingerprint density at radius 1 is 1.50 bits per heavy atom. The van der Waals surface area contributed by atoms with E-state index in [0.717, 1.165) is 6.42 Å². The Bertz CT molecular complexity index is 425. The maximum Gasteiger partial charge on any atom is 0.326 e. The van der Waals surface area contributed by atoms with Crippen molar-refractivity contribution in [1.29, 1.82) is 0 Å². The van der Waals surface area contributed by atoms with E-state index in [1.54, 1.807) is 23.0 Å². The van der Waals surface area contributed by atoms with Crippen LogP contribution >= 0.6 is 0 Å². The van der Waals surface area contributed by atoms with Crippen molar-refractivity contribution >= 4 is 11.9 Å². The zero-order valence-corrected chi connectivity index (χ0v) is 9.09. The fourth-order valence-corrected chi connectivity index (χ4v) is 2.06. The van der Waals surface area contributed by atoms with Gasteiger partial charge in [0.2, 0.25) is 0 Å². The predicted molar refractivity (Wildman–Crippen MR) is 57.1 cm³/mol. The van der Waals surface area contributed by atoms with Gasteiger partial charge in [0.15, 0.2) is 0 Å². The fraction of sp³-hybridized carbons (Fsp3) is 0.455. The lowest BCUT2D eigenvalue weighted by Gasteiger charge is -2.20. The van der Waals surface area contributed by atoms with E-state index in [1.165, 1.54) is 4.90 Å². The Morgan fingerprint density at radius 3 is 2.81 bits per heavy atom. The maximum absolute atomic E-state index is 12.0. The normalized spacial score (nSPS) is 20.1. The molecule has 1 aromatic rings. The third-order valence-electron chi connectivity index (χ3n) is 2.88. The first-order valence-electron chi connectivity index (χ1n) is 5.25. The molecule has 1 N–H and O–H groups in total. The average Bonchev–Trinajstić information content (AvgIpc) is 2.84. The van der Waals surface area contributed by atoms with E-state index >= 15 is 0 Å². The quantitative estimate of drug-likeness (QED) is 0.801. The highest BCUT2D eigenvalue weighted by atomic mass is 16.4. The van der Waals surface area contributed by atoms with E-state index in [2.05, 4.69) is 0 Å². The molecule has 86 valence electrons. The number of aliphatic carboxylic acids is 1. The number of likely N-dealkylation sites (tertiary alicyclic amines) is 1. The summed E-state index contributed by atoms with van der Waals surface area (Å²) in [6.07, 6.45) is 4.79. The number of nitrogens with zero attached hydrogens (tertiary/aromatic N) is 2. The molecule has 5 nitrogen and oxygen atoms in total. The minimum absolute atomic E-state index is 0.189. The van der Waals surface area contributed by atoms with Crippen molar-refractivity contribution in [2.24, 2.45) is 7.05 Å². The van der Waals surface area contributed by atoms with Crippen molar-refractivity contribution in [2.45, 2.75) is 18.9 Å². The van der Waals surface area contributed by atoms with Crippen molar-refractivity contribution < 1.29 is 14.7 Å². The number of rotatable bonds is 2. The lowest BCUT2D eigenvalue weighted by Crippen LogP contribution is -2.40. The second kappa shape index (κ2) is 4.00. The molecule has 2 heterocycles. The van der Waals surface area contributed by atoms with Gasteiger partial charge in [-0.1, -0.05) is 0 Å². The highest BCUT2D eigenvalue weighted by Gasteiger charge is 2.34. The van der Waals surface area contributed by atoms with Gasteiger partial charge in [-0.2, -0.15) is 0 Å². The SMILES string of the molecule is Cn1ccc(C(=O)N2CCCC2C(=O)O)c1. The molecule has 1 aromatic heterocycles. The van der Waals surface area contributed by atoms with Crippen LogP contribution in [0.2, 0.25) is 0 Å². The summed E-state index contributed by atoms with van der Waals surface area (Å²) >= 11 is 0. The zero-order valence-electron chi connectivity index (χ0n) is 9.09. The number of carbonyl (C=O) groups excluding carboxylic acids is 1. The maximum atomic E-state index is 12.0. The number of carboxylic acid groups (broad SMARTS) is 1. The topological polar surface area (TPSA) is 62.5 Å². The Labute approximate surface area is 93.3 Å². The molecule has 5 heteroatoms. The molecule has 0 bridgehead atoms.